The van der Waals surface area contributed by atoms with Crippen molar-refractivity contribution in [1.82, 2.24) is 5.32 Å². The zero-order valence-electron chi connectivity index (χ0n) is 15.2. The van der Waals surface area contributed by atoms with Crippen molar-refractivity contribution in [3.05, 3.63) is 35.4 Å². The van der Waals surface area contributed by atoms with Gasteiger partial charge in [0.1, 0.15) is 0 Å². The molecule has 0 spiro atoms. The van der Waals surface area contributed by atoms with Crippen LogP contribution in [0.4, 0.5) is 0 Å². The lowest BCUT2D eigenvalue weighted by molar-refractivity contribution is -0.162. The van der Waals surface area contributed by atoms with E-state index in [1.54, 1.807) is 7.11 Å². The Bertz CT molecular complexity index is 640. The quantitative estimate of drug-likeness (QED) is 0.566. The van der Waals surface area contributed by atoms with Gasteiger partial charge in [-0.1, -0.05) is 0 Å². The molecule has 1 aromatic carbocycles. The van der Waals surface area contributed by atoms with Crippen LogP contribution in [0.15, 0.2) is 24.3 Å². The average molecular weight is 364 g/mol. The fourth-order valence-corrected chi connectivity index (χ4v) is 2.21. The van der Waals surface area contributed by atoms with E-state index < -0.39 is 23.5 Å². The van der Waals surface area contributed by atoms with Gasteiger partial charge in [-0.2, -0.15) is 5.26 Å². The van der Waals surface area contributed by atoms with Gasteiger partial charge in [-0.05, 0) is 31.2 Å². The van der Waals surface area contributed by atoms with Crippen LogP contribution in [0.5, 0.6) is 0 Å². The smallest absolute Gasteiger partial charge is 0.335 e. The predicted molar refractivity (Wildman–Crippen MR) is 92.8 cm³/mol. The summed E-state index contributed by atoms with van der Waals surface area (Å²) in [5, 5.41) is 20.9. The molecule has 0 fully saturated rings. The number of carboxylic acid groups (broad SMARTS) is 1. The van der Waals surface area contributed by atoms with Crippen molar-refractivity contribution in [2.45, 2.75) is 25.0 Å². The number of rotatable bonds is 11. The number of carboxylic acids is 1. The minimum Gasteiger partial charge on any atom is -0.479 e. The number of carbonyl (C=O) groups is 2. The monoisotopic (exact) mass is 364 g/mol. The lowest BCUT2D eigenvalue weighted by atomic mass is 9.96. The first-order valence-electron chi connectivity index (χ1n) is 8.02. The molecule has 0 aliphatic rings. The van der Waals surface area contributed by atoms with Gasteiger partial charge < -0.3 is 24.6 Å². The Morgan fingerprint density at radius 2 is 1.92 bits per heavy atom. The molecule has 0 aliphatic heterocycles. The second-order valence-corrected chi connectivity index (χ2v) is 5.87. The Labute approximate surface area is 152 Å². The number of hydrogen-bond acceptors (Lipinski definition) is 6. The molecule has 0 saturated carbocycles. The third-order valence-corrected chi connectivity index (χ3v) is 3.90. The Hall–Kier alpha value is -2.47. The highest BCUT2D eigenvalue weighted by molar-refractivity contribution is 5.94. The number of methoxy groups -OCH3 is 2. The maximum Gasteiger partial charge on any atom is 0.335 e. The van der Waals surface area contributed by atoms with E-state index in [1.807, 2.05) is 6.07 Å². The summed E-state index contributed by atoms with van der Waals surface area (Å²) in [7, 11) is 2.85. The van der Waals surface area contributed by atoms with Gasteiger partial charge >= 0.3 is 5.97 Å². The predicted octanol–water partition coefficient (Wildman–Crippen LogP) is 1.20. The molecule has 1 rings (SSSR count). The molecule has 1 unspecified atom stereocenters. The number of nitriles is 1. The number of hydrogen-bond donors (Lipinski definition) is 2. The number of carbonyl (C=O) groups excluding carboxylic acids is 1. The molecule has 8 nitrogen and oxygen atoms in total. The number of benzene rings is 1. The van der Waals surface area contributed by atoms with Crippen molar-refractivity contribution in [2.75, 3.05) is 34.0 Å². The number of amides is 1. The van der Waals surface area contributed by atoms with Crippen LogP contribution >= 0.6 is 0 Å². The van der Waals surface area contributed by atoms with Gasteiger partial charge in [0, 0.05) is 26.2 Å². The molecule has 1 aromatic rings. The van der Waals surface area contributed by atoms with Crippen molar-refractivity contribution in [3.63, 3.8) is 0 Å². The number of ether oxygens (including phenoxy) is 3. The molecule has 0 aromatic heterocycles. The topological polar surface area (TPSA) is 118 Å². The van der Waals surface area contributed by atoms with Crippen molar-refractivity contribution < 1.29 is 28.9 Å². The fraction of sp³-hybridized carbons (Fsp3) is 0.500. The lowest BCUT2D eigenvalue weighted by Gasteiger charge is -2.29. The first-order valence-corrected chi connectivity index (χ1v) is 8.02. The van der Waals surface area contributed by atoms with Gasteiger partial charge in [-0.15, -0.1) is 0 Å². The number of aliphatic carboxylic acids is 1. The van der Waals surface area contributed by atoms with Crippen LogP contribution < -0.4 is 5.32 Å². The molecule has 0 aliphatic carbocycles. The van der Waals surface area contributed by atoms with Crippen molar-refractivity contribution in [2.24, 2.45) is 0 Å². The zero-order chi connectivity index (χ0) is 19.6. The molecule has 142 valence electrons. The summed E-state index contributed by atoms with van der Waals surface area (Å²) in [5.74, 6) is -1.52. The van der Waals surface area contributed by atoms with Gasteiger partial charge in [0.05, 0.1) is 37.5 Å². The van der Waals surface area contributed by atoms with Crippen LogP contribution in [-0.4, -0.2) is 62.7 Å². The highest BCUT2D eigenvalue weighted by Crippen LogP contribution is 2.18. The van der Waals surface area contributed by atoms with E-state index in [0.717, 1.165) is 0 Å². The summed E-state index contributed by atoms with van der Waals surface area (Å²) in [5.41, 5.74) is -0.660. The lowest BCUT2D eigenvalue weighted by Crippen LogP contribution is -2.48. The van der Waals surface area contributed by atoms with Gasteiger partial charge in [0.15, 0.2) is 5.60 Å². The normalized spacial score (nSPS) is 14.1. The zero-order valence-corrected chi connectivity index (χ0v) is 15.2. The number of nitrogens with one attached hydrogen (secondary N) is 1. The summed E-state index contributed by atoms with van der Waals surface area (Å²) >= 11 is 0. The highest BCUT2D eigenvalue weighted by atomic mass is 16.5. The molecule has 2 atom stereocenters. The van der Waals surface area contributed by atoms with Crippen molar-refractivity contribution in [1.29, 1.82) is 5.26 Å². The molecular weight excluding hydrogens is 340 g/mol. The summed E-state index contributed by atoms with van der Waals surface area (Å²) in [6.07, 6.45) is 0.0217. The second kappa shape index (κ2) is 10.5. The van der Waals surface area contributed by atoms with Crippen LogP contribution in [0.1, 0.15) is 29.3 Å². The minimum absolute atomic E-state index is 0.0217. The molecular formula is C18H24N2O6. The molecule has 0 heterocycles. The van der Waals surface area contributed by atoms with Crippen molar-refractivity contribution >= 4 is 11.9 Å². The van der Waals surface area contributed by atoms with Crippen LogP contribution in [0.2, 0.25) is 0 Å². The molecule has 26 heavy (non-hydrogen) atoms. The van der Waals surface area contributed by atoms with E-state index in [9.17, 15) is 14.7 Å². The third kappa shape index (κ3) is 6.44. The average Bonchev–Trinajstić information content (AvgIpc) is 2.64. The number of nitrogens with zero attached hydrogens (tertiary/aromatic N) is 1. The molecule has 0 radical (unpaired) electrons. The SMILES string of the molecule is COCCOC[C@H](CC(C)(OC)C(=O)O)NC(=O)c1ccc(C#N)cc1. The van der Waals surface area contributed by atoms with Gasteiger partial charge in [-0.3, -0.25) is 4.79 Å². The van der Waals surface area contributed by atoms with Crippen LogP contribution in [0, 0.1) is 11.3 Å². The molecule has 0 bridgehead atoms. The second-order valence-electron chi connectivity index (χ2n) is 5.87. The Balaban J connectivity index is 2.83. The van der Waals surface area contributed by atoms with Crippen molar-refractivity contribution in [3.8, 4) is 6.07 Å². The highest BCUT2D eigenvalue weighted by Gasteiger charge is 2.36. The maximum atomic E-state index is 12.4. The fourth-order valence-electron chi connectivity index (χ4n) is 2.21. The maximum absolute atomic E-state index is 12.4. The molecule has 2 N–H and O–H groups in total. The van der Waals surface area contributed by atoms with Crippen LogP contribution in [0.3, 0.4) is 0 Å². The minimum atomic E-state index is -1.47. The molecule has 1 amide bonds. The van der Waals surface area contributed by atoms with E-state index in [4.69, 9.17) is 19.5 Å². The Kier molecular flexibility index (Phi) is 8.72. The summed E-state index contributed by atoms with van der Waals surface area (Å²) < 4.78 is 15.5. The van der Waals surface area contributed by atoms with E-state index in [0.29, 0.717) is 24.3 Å². The summed E-state index contributed by atoms with van der Waals surface area (Å²) in [6, 6.07) is 7.53. The largest absolute Gasteiger partial charge is 0.479 e. The Morgan fingerprint density at radius 3 is 2.42 bits per heavy atom. The van der Waals surface area contributed by atoms with E-state index in [2.05, 4.69) is 5.32 Å². The van der Waals surface area contributed by atoms with Gasteiger partial charge in [0.25, 0.3) is 5.91 Å². The third-order valence-electron chi connectivity index (χ3n) is 3.90. The summed E-state index contributed by atoms with van der Waals surface area (Å²) in [6.45, 7) is 2.25. The Morgan fingerprint density at radius 1 is 1.27 bits per heavy atom. The summed E-state index contributed by atoms with van der Waals surface area (Å²) in [4.78, 5) is 23.9. The van der Waals surface area contributed by atoms with Gasteiger partial charge in [-0.25, -0.2) is 4.79 Å². The van der Waals surface area contributed by atoms with Crippen LogP contribution in [-0.2, 0) is 19.0 Å². The van der Waals surface area contributed by atoms with Crippen LogP contribution in [0.25, 0.3) is 0 Å². The van der Waals surface area contributed by atoms with E-state index in [1.165, 1.54) is 38.3 Å². The van der Waals surface area contributed by atoms with E-state index in [-0.39, 0.29) is 13.0 Å². The molecule has 0 saturated heterocycles. The van der Waals surface area contributed by atoms with Gasteiger partial charge in [0.2, 0.25) is 0 Å². The molecule has 8 heteroatoms. The van der Waals surface area contributed by atoms with E-state index >= 15 is 0 Å². The standard InChI is InChI=1S/C18H24N2O6/c1-18(25-3,17(22)23)10-15(12-26-9-8-24-2)20-16(21)14-6-4-13(11-19)5-7-14/h4-7,15H,8-10,12H2,1-3H3,(H,20,21)(H,22,23)/t15-,18?/m0/s1. The first-order chi connectivity index (χ1) is 12.4. The first kappa shape index (κ1) is 21.6.